The van der Waals surface area contributed by atoms with Crippen molar-refractivity contribution in [2.45, 2.75) is 45.2 Å². The van der Waals surface area contributed by atoms with Crippen LogP contribution in [0, 0.1) is 6.92 Å². The van der Waals surface area contributed by atoms with Crippen LogP contribution in [0.25, 0.3) is 0 Å². The summed E-state index contributed by atoms with van der Waals surface area (Å²) >= 11 is 0. The Morgan fingerprint density at radius 3 is 2.58 bits per heavy atom. The van der Waals surface area contributed by atoms with Crippen LogP contribution in [0.1, 0.15) is 43.4 Å². The van der Waals surface area contributed by atoms with E-state index < -0.39 is 0 Å². The number of para-hydroxylation sites is 1. The summed E-state index contributed by atoms with van der Waals surface area (Å²) in [5.41, 5.74) is 2.20. The third kappa shape index (κ3) is 3.88. The lowest BCUT2D eigenvalue weighted by atomic mass is 9.98. The summed E-state index contributed by atoms with van der Waals surface area (Å²) in [6.07, 6.45) is 5.10. The van der Waals surface area contributed by atoms with E-state index in [0.29, 0.717) is 11.8 Å². The van der Waals surface area contributed by atoms with Gasteiger partial charge in [-0.25, -0.2) is 4.98 Å². The zero-order chi connectivity index (χ0) is 16.9. The number of nitrogens with one attached hydrogen (secondary N) is 1. The number of anilines is 1. The van der Waals surface area contributed by atoms with Gasteiger partial charge in [-0.3, -0.25) is 0 Å². The molecule has 1 unspecified atom stereocenters. The number of benzene rings is 1. The second-order valence-electron chi connectivity index (χ2n) is 6.64. The van der Waals surface area contributed by atoms with E-state index in [1.54, 1.807) is 6.07 Å². The number of phenolic OH excluding ortho intramolecular Hbond substituents is 1. The van der Waals surface area contributed by atoms with Gasteiger partial charge in [-0.15, -0.1) is 0 Å². The number of aromatic hydroxyl groups is 1. The maximum atomic E-state index is 10.1. The number of hydrogen-bond donors (Lipinski definition) is 2. The van der Waals surface area contributed by atoms with E-state index in [1.807, 2.05) is 24.4 Å². The molecule has 0 amide bonds. The minimum atomic E-state index is 0.209. The van der Waals surface area contributed by atoms with Gasteiger partial charge in [-0.05, 0) is 43.9 Å². The molecule has 0 saturated carbocycles. The lowest BCUT2D eigenvalue weighted by Gasteiger charge is -2.35. The summed E-state index contributed by atoms with van der Waals surface area (Å²) in [4.78, 5) is 6.90. The zero-order valence-corrected chi connectivity index (χ0v) is 14.6. The molecule has 4 heteroatoms. The zero-order valence-electron chi connectivity index (χ0n) is 14.6. The van der Waals surface area contributed by atoms with Crippen molar-refractivity contribution in [3.8, 4) is 5.75 Å². The van der Waals surface area contributed by atoms with Gasteiger partial charge in [0.15, 0.2) is 0 Å². The Labute approximate surface area is 144 Å². The van der Waals surface area contributed by atoms with Gasteiger partial charge in [0.1, 0.15) is 11.6 Å². The summed E-state index contributed by atoms with van der Waals surface area (Å²) in [6, 6.07) is 12.6. The van der Waals surface area contributed by atoms with Crippen LogP contribution < -0.4 is 10.2 Å². The lowest BCUT2D eigenvalue weighted by Crippen LogP contribution is -2.44. The van der Waals surface area contributed by atoms with Crippen LogP contribution >= 0.6 is 0 Å². The summed E-state index contributed by atoms with van der Waals surface area (Å²) in [7, 11) is 0. The number of hydrogen-bond acceptors (Lipinski definition) is 4. The third-order valence-electron chi connectivity index (χ3n) is 4.87. The molecule has 1 aromatic carbocycles. The quantitative estimate of drug-likeness (QED) is 0.878. The molecule has 0 aliphatic carbocycles. The van der Waals surface area contributed by atoms with E-state index in [1.165, 1.54) is 5.56 Å². The van der Waals surface area contributed by atoms with Crippen molar-refractivity contribution in [2.24, 2.45) is 0 Å². The highest BCUT2D eigenvalue weighted by atomic mass is 16.3. The highest BCUT2D eigenvalue weighted by Crippen LogP contribution is 2.28. The molecule has 2 N–H and O–H groups in total. The van der Waals surface area contributed by atoms with Crippen LogP contribution in [-0.2, 0) is 0 Å². The van der Waals surface area contributed by atoms with E-state index in [4.69, 9.17) is 0 Å². The molecule has 1 aromatic heterocycles. The monoisotopic (exact) mass is 325 g/mol. The van der Waals surface area contributed by atoms with Crippen molar-refractivity contribution in [2.75, 3.05) is 18.0 Å². The van der Waals surface area contributed by atoms with E-state index in [0.717, 1.165) is 43.7 Å². The van der Waals surface area contributed by atoms with Gasteiger partial charge in [0.2, 0.25) is 0 Å². The molecule has 1 aliphatic rings. The van der Waals surface area contributed by atoms with Crippen molar-refractivity contribution in [3.05, 3.63) is 53.7 Å². The average Bonchev–Trinajstić information content (AvgIpc) is 2.62. The number of nitrogens with zero attached hydrogens (tertiary/aromatic N) is 2. The van der Waals surface area contributed by atoms with Crippen molar-refractivity contribution in [1.29, 1.82) is 0 Å². The second kappa shape index (κ2) is 7.67. The molecule has 1 aliphatic heterocycles. The molecule has 1 atom stereocenters. The summed E-state index contributed by atoms with van der Waals surface area (Å²) in [5.74, 6) is 1.46. The molecular formula is C20H27N3O. The Balaban J connectivity index is 1.58. The second-order valence-corrected chi connectivity index (χ2v) is 6.64. The van der Waals surface area contributed by atoms with Crippen molar-refractivity contribution < 1.29 is 5.11 Å². The van der Waals surface area contributed by atoms with Crippen LogP contribution in [0.5, 0.6) is 5.75 Å². The molecular weight excluding hydrogens is 298 g/mol. The highest BCUT2D eigenvalue weighted by molar-refractivity contribution is 5.40. The lowest BCUT2D eigenvalue weighted by molar-refractivity contribution is 0.355. The van der Waals surface area contributed by atoms with Crippen LogP contribution in [0.3, 0.4) is 0 Å². The predicted octanol–water partition coefficient (Wildman–Crippen LogP) is 3.81. The number of aryl methyl sites for hydroxylation is 1. The fraction of sp³-hybridized carbons (Fsp3) is 0.450. The van der Waals surface area contributed by atoms with E-state index in [-0.39, 0.29) is 6.04 Å². The van der Waals surface area contributed by atoms with Crippen LogP contribution in [0.4, 0.5) is 5.82 Å². The van der Waals surface area contributed by atoms with Gasteiger partial charge in [0.25, 0.3) is 0 Å². The topological polar surface area (TPSA) is 48.4 Å². The van der Waals surface area contributed by atoms with Gasteiger partial charge in [0, 0.05) is 36.9 Å². The molecule has 1 saturated heterocycles. The molecule has 4 nitrogen and oxygen atoms in total. The largest absolute Gasteiger partial charge is 0.508 e. The van der Waals surface area contributed by atoms with Crippen molar-refractivity contribution in [3.63, 3.8) is 0 Å². The van der Waals surface area contributed by atoms with Crippen LogP contribution in [0.15, 0.2) is 42.6 Å². The fourth-order valence-corrected chi connectivity index (χ4v) is 3.42. The van der Waals surface area contributed by atoms with Gasteiger partial charge >= 0.3 is 0 Å². The van der Waals surface area contributed by atoms with Gasteiger partial charge in [-0.1, -0.05) is 31.2 Å². The molecule has 0 bridgehead atoms. The first-order valence-electron chi connectivity index (χ1n) is 8.89. The predicted molar refractivity (Wildman–Crippen MR) is 98.5 cm³/mol. The summed E-state index contributed by atoms with van der Waals surface area (Å²) in [6.45, 7) is 6.27. The fourth-order valence-electron chi connectivity index (χ4n) is 3.42. The summed E-state index contributed by atoms with van der Waals surface area (Å²) < 4.78 is 0. The standard InChI is InChI=1S/C20H27N3O/c1-3-18(17-6-4-5-7-19(17)24)22-16-10-12-23(13-11-16)20-9-8-15(2)14-21-20/h4-9,14,16,18,22,24H,3,10-13H2,1-2H3. The molecule has 24 heavy (non-hydrogen) atoms. The normalized spacial score (nSPS) is 17.0. The Morgan fingerprint density at radius 1 is 1.21 bits per heavy atom. The molecule has 0 radical (unpaired) electrons. The van der Waals surface area contributed by atoms with Gasteiger partial charge in [0.05, 0.1) is 0 Å². The molecule has 3 rings (SSSR count). The Bertz CT molecular complexity index is 648. The first kappa shape index (κ1) is 16.8. The molecule has 1 fully saturated rings. The Hall–Kier alpha value is -2.07. The number of rotatable bonds is 5. The first-order valence-corrected chi connectivity index (χ1v) is 8.89. The van der Waals surface area contributed by atoms with Crippen molar-refractivity contribution >= 4 is 5.82 Å². The maximum absolute atomic E-state index is 10.1. The van der Waals surface area contributed by atoms with Crippen molar-refractivity contribution in [1.82, 2.24) is 10.3 Å². The first-order chi connectivity index (χ1) is 11.7. The minimum absolute atomic E-state index is 0.209. The summed E-state index contributed by atoms with van der Waals surface area (Å²) in [5, 5.41) is 13.8. The maximum Gasteiger partial charge on any atom is 0.128 e. The number of piperidine rings is 1. The van der Waals surface area contributed by atoms with Gasteiger partial charge < -0.3 is 15.3 Å². The van der Waals surface area contributed by atoms with E-state index >= 15 is 0 Å². The molecule has 128 valence electrons. The van der Waals surface area contributed by atoms with Crippen LogP contribution in [0.2, 0.25) is 0 Å². The SMILES string of the molecule is CCC(NC1CCN(c2ccc(C)cn2)CC1)c1ccccc1O. The van der Waals surface area contributed by atoms with Crippen LogP contribution in [-0.4, -0.2) is 29.2 Å². The molecule has 2 aromatic rings. The third-order valence-corrected chi connectivity index (χ3v) is 4.87. The number of phenols is 1. The van der Waals surface area contributed by atoms with E-state index in [9.17, 15) is 5.11 Å². The molecule has 2 heterocycles. The minimum Gasteiger partial charge on any atom is -0.508 e. The highest BCUT2D eigenvalue weighted by Gasteiger charge is 2.23. The Kier molecular flexibility index (Phi) is 5.36. The number of pyridine rings is 1. The molecule has 0 spiro atoms. The van der Waals surface area contributed by atoms with Gasteiger partial charge in [-0.2, -0.15) is 0 Å². The number of aromatic nitrogens is 1. The Morgan fingerprint density at radius 2 is 1.96 bits per heavy atom. The van der Waals surface area contributed by atoms with E-state index in [2.05, 4.69) is 41.2 Å². The smallest absolute Gasteiger partial charge is 0.128 e. The average molecular weight is 325 g/mol.